The summed E-state index contributed by atoms with van der Waals surface area (Å²) in [6, 6.07) is 5.49. The number of nitrogens with one attached hydrogen (secondary N) is 1. The summed E-state index contributed by atoms with van der Waals surface area (Å²) >= 11 is 0. The number of Topliss-reactive ketones (excluding diaryl/α,β-unsaturated/α-hetero) is 1. The van der Waals surface area contributed by atoms with Gasteiger partial charge in [-0.05, 0) is 25.3 Å². The molecule has 1 heterocycles. The van der Waals surface area contributed by atoms with Gasteiger partial charge in [0.25, 0.3) is 0 Å². The van der Waals surface area contributed by atoms with Gasteiger partial charge < -0.3 is 10.1 Å². The number of amides is 3. The predicted octanol–water partition coefficient (Wildman–Crippen LogP) is 1.39. The second-order valence-electron chi connectivity index (χ2n) is 7.52. The largest absolute Gasteiger partial charge is 0.456 e. The lowest BCUT2D eigenvalue weighted by Crippen LogP contribution is -2.44. The standard InChI is InChI=1S/C22H24N2O6/c1-13(24-20(27)17-5-3-4-6-18(17)21(24)28)22(29)30-12-19(26)16-9-7-15(8-10-16)11-23-14(2)25/h3-4,7-10,13,17-18H,5-6,11-12H2,1-2H3,(H,23,25)/t13-,17-,18-/m0/s1. The number of likely N-dealkylation sites (tertiary alicyclic amines) is 1. The van der Waals surface area contributed by atoms with Crippen molar-refractivity contribution >= 4 is 29.5 Å². The summed E-state index contributed by atoms with van der Waals surface area (Å²) in [4.78, 5) is 61.7. The van der Waals surface area contributed by atoms with Crippen molar-refractivity contribution in [1.82, 2.24) is 10.2 Å². The Morgan fingerprint density at radius 1 is 1.07 bits per heavy atom. The smallest absolute Gasteiger partial charge is 0.329 e. The molecule has 158 valence electrons. The van der Waals surface area contributed by atoms with E-state index in [1.54, 1.807) is 24.3 Å². The molecule has 3 atom stereocenters. The minimum Gasteiger partial charge on any atom is -0.456 e. The third kappa shape index (κ3) is 4.48. The minimum atomic E-state index is -1.08. The van der Waals surface area contributed by atoms with E-state index in [2.05, 4.69) is 5.32 Å². The number of hydrogen-bond acceptors (Lipinski definition) is 6. The van der Waals surface area contributed by atoms with Gasteiger partial charge in [0.05, 0.1) is 11.8 Å². The number of imide groups is 1. The zero-order chi connectivity index (χ0) is 21.8. The highest BCUT2D eigenvalue weighted by Gasteiger charge is 2.50. The Labute approximate surface area is 174 Å². The molecule has 0 saturated carbocycles. The summed E-state index contributed by atoms with van der Waals surface area (Å²) in [5.41, 5.74) is 1.18. The molecule has 0 bridgehead atoms. The Balaban J connectivity index is 1.54. The molecule has 8 nitrogen and oxygen atoms in total. The van der Waals surface area contributed by atoms with Crippen LogP contribution in [0.25, 0.3) is 0 Å². The summed E-state index contributed by atoms with van der Waals surface area (Å²) < 4.78 is 5.08. The molecule has 1 aliphatic carbocycles. The molecule has 0 unspecified atom stereocenters. The SMILES string of the molecule is CC(=O)NCc1ccc(C(=O)COC(=O)[C@H](C)N2C(=O)[C@H]3CC=CC[C@@H]3C2=O)cc1. The van der Waals surface area contributed by atoms with E-state index in [0.29, 0.717) is 24.9 Å². The molecule has 3 rings (SSSR count). The van der Waals surface area contributed by atoms with Crippen molar-refractivity contribution in [2.75, 3.05) is 6.61 Å². The highest BCUT2D eigenvalue weighted by molar-refractivity contribution is 6.08. The van der Waals surface area contributed by atoms with Gasteiger partial charge in [0.2, 0.25) is 17.7 Å². The first kappa shape index (κ1) is 21.4. The fraction of sp³-hybridized carbons (Fsp3) is 0.409. The lowest BCUT2D eigenvalue weighted by atomic mass is 9.85. The van der Waals surface area contributed by atoms with Crippen molar-refractivity contribution in [3.05, 3.63) is 47.5 Å². The molecule has 0 spiro atoms. The Kier molecular flexibility index (Phi) is 6.44. The lowest BCUT2D eigenvalue weighted by molar-refractivity contribution is -0.157. The van der Waals surface area contributed by atoms with Crippen LogP contribution in [0.4, 0.5) is 0 Å². The summed E-state index contributed by atoms with van der Waals surface area (Å²) in [6.45, 7) is 2.72. The van der Waals surface area contributed by atoms with E-state index in [1.807, 2.05) is 12.2 Å². The highest BCUT2D eigenvalue weighted by Crippen LogP contribution is 2.36. The molecular weight excluding hydrogens is 388 g/mol. The van der Waals surface area contributed by atoms with Crippen LogP contribution in [-0.2, 0) is 30.5 Å². The third-order valence-electron chi connectivity index (χ3n) is 5.43. The number of esters is 1. The summed E-state index contributed by atoms with van der Waals surface area (Å²) in [7, 11) is 0. The van der Waals surface area contributed by atoms with Gasteiger partial charge in [0, 0.05) is 19.0 Å². The van der Waals surface area contributed by atoms with E-state index in [1.165, 1.54) is 13.8 Å². The lowest BCUT2D eigenvalue weighted by Gasteiger charge is -2.21. The van der Waals surface area contributed by atoms with E-state index in [0.717, 1.165) is 10.5 Å². The second-order valence-corrected chi connectivity index (χ2v) is 7.52. The molecule has 1 saturated heterocycles. The quantitative estimate of drug-likeness (QED) is 0.314. The number of carbonyl (C=O) groups excluding carboxylic acids is 5. The summed E-state index contributed by atoms with van der Waals surface area (Å²) in [5, 5.41) is 2.66. The van der Waals surface area contributed by atoms with Gasteiger partial charge in [0.15, 0.2) is 12.4 Å². The van der Waals surface area contributed by atoms with Crippen LogP contribution >= 0.6 is 0 Å². The van der Waals surface area contributed by atoms with Crippen LogP contribution in [-0.4, -0.2) is 47.0 Å². The molecule has 1 aliphatic heterocycles. The minimum absolute atomic E-state index is 0.151. The maximum atomic E-state index is 12.6. The fourth-order valence-corrected chi connectivity index (χ4v) is 3.69. The monoisotopic (exact) mass is 412 g/mol. The average Bonchev–Trinajstić information content (AvgIpc) is 3.00. The number of carbonyl (C=O) groups is 5. The molecule has 1 N–H and O–H groups in total. The van der Waals surface area contributed by atoms with Crippen LogP contribution in [0.2, 0.25) is 0 Å². The molecule has 0 radical (unpaired) electrons. The Bertz CT molecular complexity index is 879. The summed E-state index contributed by atoms with van der Waals surface area (Å²) in [6.07, 6.45) is 4.73. The number of allylic oxidation sites excluding steroid dienone is 2. The number of ether oxygens (including phenoxy) is 1. The van der Waals surface area contributed by atoms with Gasteiger partial charge in [-0.3, -0.25) is 24.1 Å². The van der Waals surface area contributed by atoms with Crippen LogP contribution in [0.15, 0.2) is 36.4 Å². The first-order valence-electron chi connectivity index (χ1n) is 9.84. The molecule has 3 amide bonds. The van der Waals surface area contributed by atoms with E-state index in [4.69, 9.17) is 4.74 Å². The van der Waals surface area contributed by atoms with Gasteiger partial charge in [-0.25, -0.2) is 4.79 Å². The van der Waals surface area contributed by atoms with E-state index in [-0.39, 0.29) is 17.7 Å². The molecule has 30 heavy (non-hydrogen) atoms. The molecule has 0 aromatic heterocycles. The van der Waals surface area contributed by atoms with Crippen LogP contribution in [0.1, 0.15) is 42.6 Å². The van der Waals surface area contributed by atoms with Crippen LogP contribution < -0.4 is 5.32 Å². The van der Waals surface area contributed by atoms with Gasteiger partial charge >= 0.3 is 5.97 Å². The maximum absolute atomic E-state index is 12.6. The van der Waals surface area contributed by atoms with Crippen molar-refractivity contribution in [2.45, 2.75) is 39.3 Å². The fourth-order valence-electron chi connectivity index (χ4n) is 3.69. The molecule has 2 aliphatic rings. The topological polar surface area (TPSA) is 110 Å². The van der Waals surface area contributed by atoms with Crippen molar-refractivity contribution < 1.29 is 28.7 Å². The second kappa shape index (κ2) is 9.02. The van der Waals surface area contributed by atoms with Gasteiger partial charge in [-0.2, -0.15) is 0 Å². The third-order valence-corrected chi connectivity index (χ3v) is 5.43. The number of nitrogens with zero attached hydrogens (tertiary/aromatic N) is 1. The Morgan fingerprint density at radius 3 is 2.17 bits per heavy atom. The van der Waals surface area contributed by atoms with Gasteiger partial charge in [-0.15, -0.1) is 0 Å². The van der Waals surface area contributed by atoms with E-state index in [9.17, 15) is 24.0 Å². The van der Waals surface area contributed by atoms with E-state index >= 15 is 0 Å². The predicted molar refractivity (Wildman–Crippen MR) is 106 cm³/mol. The normalized spacial score (nSPS) is 21.2. The average molecular weight is 412 g/mol. The molecule has 1 aromatic rings. The Morgan fingerprint density at radius 2 is 1.63 bits per heavy atom. The van der Waals surface area contributed by atoms with Crippen LogP contribution in [0.3, 0.4) is 0 Å². The van der Waals surface area contributed by atoms with Gasteiger partial charge in [0.1, 0.15) is 6.04 Å². The zero-order valence-electron chi connectivity index (χ0n) is 16.9. The van der Waals surface area contributed by atoms with Crippen molar-refractivity contribution in [3.63, 3.8) is 0 Å². The van der Waals surface area contributed by atoms with Gasteiger partial charge in [-0.1, -0.05) is 36.4 Å². The zero-order valence-corrected chi connectivity index (χ0v) is 16.9. The Hall–Kier alpha value is -3.29. The summed E-state index contributed by atoms with van der Waals surface area (Å²) in [5.74, 6) is -2.91. The highest BCUT2D eigenvalue weighted by atomic mass is 16.5. The van der Waals surface area contributed by atoms with Crippen LogP contribution in [0, 0.1) is 11.8 Å². The van der Waals surface area contributed by atoms with E-state index < -0.39 is 36.2 Å². The maximum Gasteiger partial charge on any atom is 0.329 e. The molecule has 1 aromatic carbocycles. The molecular formula is C22H24N2O6. The number of ketones is 1. The first-order valence-corrected chi connectivity index (χ1v) is 9.84. The number of benzene rings is 1. The number of hydrogen-bond donors (Lipinski definition) is 1. The van der Waals surface area contributed by atoms with Crippen molar-refractivity contribution in [2.24, 2.45) is 11.8 Å². The molecule has 8 heteroatoms. The van der Waals surface area contributed by atoms with Crippen LogP contribution in [0.5, 0.6) is 0 Å². The van der Waals surface area contributed by atoms with Crippen molar-refractivity contribution in [3.8, 4) is 0 Å². The number of rotatable bonds is 7. The first-order chi connectivity index (χ1) is 14.3. The molecule has 1 fully saturated rings. The van der Waals surface area contributed by atoms with Crippen molar-refractivity contribution in [1.29, 1.82) is 0 Å². The number of fused-ring (bicyclic) bond motifs is 1.